The predicted octanol–water partition coefficient (Wildman–Crippen LogP) is 0.269. The highest BCUT2D eigenvalue weighted by Crippen LogP contribution is 2.27. The zero-order valence-corrected chi connectivity index (χ0v) is 11.4. The lowest BCUT2D eigenvalue weighted by Crippen LogP contribution is -2.48. The SMILES string of the molecule is OCC(CCN1CCN(C2CC2)CC1)NC1CC1. The van der Waals surface area contributed by atoms with Gasteiger partial charge >= 0.3 is 0 Å². The summed E-state index contributed by atoms with van der Waals surface area (Å²) in [4.78, 5) is 5.22. The van der Waals surface area contributed by atoms with E-state index in [0.29, 0.717) is 18.7 Å². The molecule has 0 aromatic carbocycles. The van der Waals surface area contributed by atoms with Gasteiger partial charge in [0.1, 0.15) is 0 Å². The Morgan fingerprint density at radius 2 is 1.78 bits per heavy atom. The second-order valence-electron chi connectivity index (χ2n) is 6.22. The van der Waals surface area contributed by atoms with Crippen molar-refractivity contribution in [3.05, 3.63) is 0 Å². The molecule has 2 saturated carbocycles. The zero-order valence-electron chi connectivity index (χ0n) is 11.4. The third-order valence-electron chi connectivity index (χ3n) is 4.53. The fraction of sp³-hybridized carbons (Fsp3) is 1.00. The molecule has 3 aliphatic rings. The molecule has 1 heterocycles. The summed E-state index contributed by atoms with van der Waals surface area (Å²) in [6.07, 6.45) is 6.55. The lowest BCUT2D eigenvalue weighted by molar-refractivity contribution is 0.118. The van der Waals surface area contributed by atoms with E-state index in [-0.39, 0.29) is 0 Å². The van der Waals surface area contributed by atoms with Crippen molar-refractivity contribution >= 4 is 0 Å². The summed E-state index contributed by atoms with van der Waals surface area (Å²) >= 11 is 0. The second kappa shape index (κ2) is 5.87. The van der Waals surface area contributed by atoms with E-state index in [0.717, 1.165) is 19.0 Å². The van der Waals surface area contributed by atoms with E-state index < -0.39 is 0 Å². The summed E-state index contributed by atoms with van der Waals surface area (Å²) in [6.45, 7) is 6.38. The summed E-state index contributed by atoms with van der Waals surface area (Å²) in [7, 11) is 0. The molecule has 2 aliphatic carbocycles. The van der Waals surface area contributed by atoms with Crippen LogP contribution in [-0.4, -0.2) is 72.4 Å². The average molecular weight is 253 g/mol. The van der Waals surface area contributed by atoms with Crippen molar-refractivity contribution in [2.24, 2.45) is 0 Å². The Bertz CT molecular complexity index is 258. The molecule has 0 bridgehead atoms. The van der Waals surface area contributed by atoms with Crippen LogP contribution >= 0.6 is 0 Å². The zero-order chi connectivity index (χ0) is 12.4. The molecule has 2 N–H and O–H groups in total. The second-order valence-corrected chi connectivity index (χ2v) is 6.22. The van der Waals surface area contributed by atoms with E-state index in [2.05, 4.69) is 15.1 Å². The Balaban J connectivity index is 1.32. The Kier molecular flexibility index (Phi) is 4.19. The molecule has 0 aromatic rings. The highest BCUT2D eigenvalue weighted by Gasteiger charge is 2.31. The van der Waals surface area contributed by atoms with Gasteiger partial charge in [-0.1, -0.05) is 0 Å². The normalized spacial score (nSPS) is 28.5. The third kappa shape index (κ3) is 3.67. The number of piperazine rings is 1. The molecule has 104 valence electrons. The Morgan fingerprint density at radius 3 is 2.33 bits per heavy atom. The van der Waals surface area contributed by atoms with Gasteiger partial charge in [-0.25, -0.2) is 0 Å². The number of hydrogen-bond acceptors (Lipinski definition) is 4. The topological polar surface area (TPSA) is 38.7 Å². The van der Waals surface area contributed by atoms with Crippen LogP contribution in [0.1, 0.15) is 32.1 Å². The molecule has 4 heteroatoms. The molecule has 1 aliphatic heterocycles. The average Bonchev–Trinajstić information content (AvgIpc) is 3.29. The van der Waals surface area contributed by atoms with Gasteiger partial charge in [0.25, 0.3) is 0 Å². The van der Waals surface area contributed by atoms with Crippen LogP contribution in [0.25, 0.3) is 0 Å². The van der Waals surface area contributed by atoms with Crippen molar-refractivity contribution in [3.8, 4) is 0 Å². The predicted molar refractivity (Wildman–Crippen MR) is 72.7 cm³/mol. The monoisotopic (exact) mass is 253 g/mol. The van der Waals surface area contributed by atoms with Crippen molar-refractivity contribution in [2.75, 3.05) is 39.3 Å². The first kappa shape index (κ1) is 12.9. The maximum atomic E-state index is 9.37. The van der Waals surface area contributed by atoms with Crippen LogP contribution in [0, 0.1) is 0 Å². The number of hydrogen-bond donors (Lipinski definition) is 2. The van der Waals surface area contributed by atoms with Crippen LogP contribution in [0.4, 0.5) is 0 Å². The summed E-state index contributed by atoms with van der Waals surface area (Å²) in [5, 5.41) is 12.9. The Hall–Kier alpha value is -0.160. The molecule has 0 amide bonds. The van der Waals surface area contributed by atoms with E-state index >= 15 is 0 Å². The largest absolute Gasteiger partial charge is 0.395 e. The van der Waals surface area contributed by atoms with Crippen LogP contribution < -0.4 is 5.32 Å². The van der Waals surface area contributed by atoms with Crippen LogP contribution in [0.2, 0.25) is 0 Å². The minimum Gasteiger partial charge on any atom is -0.395 e. The molecule has 3 rings (SSSR count). The quantitative estimate of drug-likeness (QED) is 0.683. The lowest BCUT2D eigenvalue weighted by atomic mass is 10.2. The van der Waals surface area contributed by atoms with E-state index in [4.69, 9.17) is 0 Å². The molecule has 1 unspecified atom stereocenters. The van der Waals surface area contributed by atoms with Gasteiger partial charge in [0.2, 0.25) is 0 Å². The minimum absolute atomic E-state index is 0.290. The molecule has 3 fully saturated rings. The van der Waals surface area contributed by atoms with Crippen LogP contribution in [0.3, 0.4) is 0 Å². The van der Waals surface area contributed by atoms with Crippen LogP contribution in [0.5, 0.6) is 0 Å². The fourth-order valence-corrected chi connectivity index (χ4v) is 2.94. The number of aliphatic hydroxyl groups is 1. The number of nitrogens with one attached hydrogen (secondary N) is 1. The molecule has 1 saturated heterocycles. The highest BCUT2D eigenvalue weighted by molar-refractivity contribution is 4.88. The maximum absolute atomic E-state index is 9.37. The minimum atomic E-state index is 0.290. The fourth-order valence-electron chi connectivity index (χ4n) is 2.94. The highest BCUT2D eigenvalue weighted by atomic mass is 16.3. The number of rotatable bonds is 7. The molecule has 0 radical (unpaired) electrons. The first-order chi connectivity index (χ1) is 8.85. The first-order valence-corrected chi connectivity index (χ1v) is 7.68. The number of aliphatic hydroxyl groups excluding tert-OH is 1. The maximum Gasteiger partial charge on any atom is 0.0585 e. The van der Waals surface area contributed by atoms with Crippen molar-refractivity contribution in [1.29, 1.82) is 0 Å². The van der Waals surface area contributed by atoms with Gasteiger partial charge in [0.15, 0.2) is 0 Å². The Labute approximate surface area is 110 Å². The van der Waals surface area contributed by atoms with Crippen LogP contribution in [-0.2, 0) is 0 Å². The van der Waals surface area contributed by atoms with Crippen LogP contribution in [0.15, 0.2) is 0 Å². The summed E-state index contributed by atoms with van der Waals surface area (Å²) in [6, 6.07) is 1.95. The van der Waals surface area contributed by atoms with Crippen molar-refractivity contribution in [3.63, 3.8) is 0 Å². The summed E-state index contributed by atoms with van der Waals surface area (Å²) in [5.74, 6) is 0. The molecular formula is C14H27N3O. The van der Waals surface area contributed by atoms with Gasteiger partial charge in [-0.3, -0.25) is 4.90 Å². The van der Waals surface area contributed by atoms with Crippen molar-refractivity contribution in [1.82, 2.24) is 15.1 Å². The molecule has 4 nitrogen and oxygen atoms in total. The molecule has 18 heavy (non-hydrogen) atoms. The van der Waals surface area contributed by atoms with Gasteiger partial charge in [0, 0.05) is 44.3 Å². The number of nitrogens with zero attached hydrogens (tertiary/aromatic N) is 2. The summed E-state index contributed by atoms with van der Waals surface area (Å²) in [5.41, 5.74) is 0. The smallest absolute Gasteiger partial charge is 0.0585 e. The Morgan fingerprint density at radius 1 is 1.06 bits per heavy atom. The molecule has 1 atom stereocenters. The van der Waals surface area contributed by atoms with Gasteiger partial charge < -0.3 is 15.3 Å². The van der Waals surface area contributed by atoms with Gasteiger partial charge in [-0.05, 0) is 38.6 Å². The van der Waals surface area contributed by atoms with E-state index in [1.54, 1.807) is 0 Å². The summed E-state index contributed by atoms with van der Waals surface area (Å²) < 4.78 is 0. The molecule has 0 spiro atoms. The van der Waals surface area contributed by atoms with E-state index in [1.165, 1.54) is 51.9 Å². The molecular weight excluding hydrogens is 226 g/mol. The van der Waals surface area contributed by atoms with Crippen molar-refractivity contribution in [2.45, 2.75) is 50.2 Å². The van der Waals surface area contributed by atoms with Gasteiger partial charge in [-0.2, -0.15) is 0 Å². The molecule has 0 aromatic heterocycles. The van der Waals surface area contributed by atoms with Crippen molar-refractivity contribution < 1.29 is 5.11 Å². The lowest BCUT2D eigenvalue weighted by Gasteiger charge is -2.35. The standard InChI is InChI=1S/C14H27N3O/c18-11-13(15-12-1-2-12)5-6-16-7-9-17(10-8-16)14-3-4-14/h12-15,18H,1-11H2. The van der Waals surface area contributed by atoms with Gasteiger partial charge in [0.05, 0.1) is 6.61 Å². The third-order valence-corrected chi connectivity index (χ3v) is 4.53. The van der Waals surface area contributed by atoms with E-state index in [1.807, 2.05) is 0 Å². The first-order valence-electron chi connectivity index (χ1n) is 7.68. The van der Waals surface area contributed by atoms with E-state index in [9.17, 15) is 5.11 Å². The van der Waals surface area contributed by atoms with Gasteiger partial charge in [-0.15, -0.1) is 0 Å².